The van der Waals surface area contributed by atoms with E-state index in [1.54, 1.807) is 28.4 Å². The third kappa shape index (κ3) is 5.68. The van der Waals surface area contributed by atoms with E-state index in [1.165, 1.54) is 0 Å². The molecular formula is C25H26N2O4S. The second-order valence-electron chi connectivity index (χ2n) is 7.69. The molecule has 0 unspecified atom stereocenters. The molecular weight excluding hydrogens is 424 g/mol. The lowest BCUT2D eigenvalue weighted by molar-refractivity contribution is -0.121. The molecule has 2 heterocycles. The number of thiophene rings is 1. The van der Waals surface area contributed by atoms with Gasteiger partial charge < -0.3 is 19.7 Å². The maximum atomic E-state index is 12.5. The van der Waals surface area contributed by atoms with Gasteiger partial charge in [-0.3, -0.25) is 9.59 Å². The summed E-state index contributed by atoms with van der Waals surface area (Å²) in [4.78, 5) is 27.6. The molecule has 6 nitrogen and oxygen atoms in total. The summed E-state index contributed by atoms with van der Waals surface area (Å²) < 4.78 is 11.4. The van der Waals surface area contributed by atoms with Gasteiger partial charge in [0.1, 0.15) is 11.5 Å². The molecule has 0 saturated heterocycles. The van der Waals surface area contributed by atoms with Gasteiger partial charge in [0.15, 0.2) is 6.61 Å². The van der Waals surface area contributed by atoms with Crippen molar-refractivity contribution in [2.45, 2.75) is 26.2 Å². The van der Waals surface area contributed by atoms with Crippen molar-refractivity contribution >= 4 is 34.5 Å². The van der Waals surface area contributed by atoms with Crippen molar-refractivity contribution in [2.24, 2.45) is 0 Å². The summed E-state index contributed by atoms with van der Waals surface area (Å²) in [6.45, 7) is 3.22. The highest BCUT2D eigenvalue weighted by atomic mass is 32.1. The van der Waals surface area contributed by atoms with E-state index in [4.69, 9.17) is 9.47 Å². The Hall–Kier alpha value is -3.32. The van der Waals surface area contributed by atoms with Crippen molar-refractivity contribution in [3.8, 4) is 11.5 Å². The van der Waals surface area contributed by atoms with E-state index in [0.717, 1.165) is 29.0 Å². The second kappa shape index (κ2) is 10.3. The summed E-state index contributed by atoms with van der Waals surface area (Å²) in [5.41, 5.74) is 2.50. The number of hydrogen-bond donors (Lipinski definition) is 1. The average molecular weight is 451 g/mol. The first-order chi connectivity index (χ1) is 15.6. The van der Waals surface area contributed by atoms with E-state index in [2.05, 4.69) is 5.32 Å². The van der Waals surface area contributed by atoms with Gasteiger partial charge in [0.2, 0.25) is 5.91 Å². The van der Waals surface area contributed by atoms with Crippen LogP contribution in [0.1, 0.15) is 23.3 Å². The van der Waals surface area contributed by atoms with E-state index >= 15 is 0 Å². The summed E-state index contributed by atoms with van der Waals surface area (Å²) in [5, 5.41) is 4.87. The Morgan fingerprint density at radius 2 is 2.06 bits per heavy atom. The molecule has 1 N–H and O–H groups in total. The van der Waals surface area contributed by atoms with Gasteiger partial charge in [-0.05, 0) is 67.1 Å². The fourth-order valence-corrected chi connectivity index (χ4v) is 4.27. The van der Waals surface area contributed by atoms with Gasteiger partial charge in [0, 0.05) is 17.1 Å². The number of amides is 2. The molecule has 4 rings (SSSR count). The average Bonchev–Trinajstić information content (AvgIpc) is 3.28. The molecule has 0 saturated carbocycles. The van der Waals surface area contributed by atoms with Crippen LogP contribution in [0.3, 0.4) is 0 Å². The summed E-state index contributed by atoms with van der Waals surface area (Å²) in [5.74, 6) is 1.34. The fourth-order valence-electron chi connectivity index (χ4n) is 3.57. The summed E-state index contributed by atoms with van der Waals surface area (Å²) in [7, 11) is 0. The molecule has 1 aliphatic rings. The van der Waals surface area contributed by atoms with Gasteiger partial charge in [0.25, 0.3) is 5.91 Å². The Bertz CT molecular complexity index is 1080. The smallest absolute Gasteiger partial charge is 0.265 e. The Morgan fingerprint density at radius 1 is 1.16 bits per heavy atom. The Labute approximate surface area is 191 Å². The van der Waals surface area contributed by atoms with Crippen LogP contribution in [0, 0.1) is 6.92 Å². The van der Waals surface area contributed by atoms with E-state index in [1.807, 2.05) is 54.8 Å². The highest BCUT2D eigenvalue weighted by molar-refractivity contribution is 7.10. The van der Waals surface area contributed by atoms with Crippen molar-refractivity contribution in [3.63, 3.8) is 0 Å². The molecule has 0 atom stereocenters. The maximum Gasteiger partial charge on any atom is 0.265 e. The molecule has 166 valence electrons. The van der Waals surface area contributed by atoms with Crippen molar-refractivity contribution in [1.29, 1.82) is 0 Å². The molecule has 0 radical (unpaired) electrons. The number of anilines is 2. The zero-order valence-corrected chi connectivity index (χ0v) is 18.8. The van der Waals surface area contributed by atoms with Gasteiger partial charge in [-0.15, -0.1) is 11.3 Å². The Morgan fingerprint density at radius 3 is 2.88 bits per heavy atom. The number of nitrogens with one attached hydrogen (secondary N) is 1. The van der Waals surface area contributed by atoms with Gasteiger partial charge >= 0.3 is 0 Å². The number of rotatable bonds is 9. The number of benzene rings is 2. The molecule has 0 bridgehead atoms. The summed E-state index contributed by atoms with van der Waals surface area (Å²) in [6.07, 6.45) is 1.95. The molecule has 0 spiro atoms. The molecule has 1 aliphatic heterocycles. The van der Waals surface area contributed by atoms with E-state index < -0.39 is 0 Å². The summed E-state index contributed by atoms with van der Waals surface area (Å²) in [6, 6.07) is 17.2. The van der Waals surface area contributed by atoms with Crippen LogP contribution in [-0.2, 0) is 16.0 Å². The van der Waals surface area contributed by atoms with Crippen molar-refractivity contribution < 1.29 is 19.1 Å². The number of fused-ring (bicyclic) bond motifs is 1. The first-order valence-corrected chi connectivity index (χ1v) is 11.6. The van der Waals surface area contributed by atoms with Crippen LogP contribution in [0.15, 0.2) is 60.0 Å². The SMILES string of the molecule is Cc1cccc(OCCCCN2C(=O)COc3ccc(NC(=O)Cc4cccs4)cc32)c1. The van der Waals surface area contributed by atoms with E-state index in [9.17, 15) is 9.59 Å². The standard InChI is InChI=1S/C25H26N2O4S/c1-18-6-4-7-20(14-18)30-12-3-2-11-27-22-15-19(9-10-23(22)31-17-25(27)29)26-24(28)16-21-8-5-13-32-21/h4-10,13-15H,2-3,11-12,16-17H2,1H3,(H,26,28). The third-order valence-electron chi connectivity index (χ3n) is 5.13. The first kappa shape index (κ1) is 21.9. The lowest BCUT2D eigenvalue weighted by Crippen LogP contribution is -2.39. The largest absolute Gasteiger partial charge is 0.494 e. The third-order valence-corrected chi connectivity index (χ3v) is 6.01. The minimum absolute atomic E-state index is 0.0247. The number of carbonyl (C=O) groups is 2. The normalized spacial score (nSPS) is 12.8. The Kier molecular flexibility index (Phi) is 7.07. The van der Waals surface area contributed by atoms with Crippen LogP contribution in [-0.4, -0.2) is 31.6 Å². The van der Waals surface area contributed by atoms with Gasteiger partial charge in [0.05, 0.1) is 18.7 Å². The molecule has 2 amide bonds. The zero-order valence-electron chi connectivity index (χ0n) is 18.0. The number of unbranched alkanes of at least 4 members (excludes halogenated alkanes) is 1. The lowest BCUT2D eigenvalue weighted by Gasteiger charge is -2.30. The van der Waals surface area contributed by atoms with Crippen molar-refractivity contribution in [1.82, 2.24) is 0 Å². The van der Waals surface area contributed by atoms with Crippen LogP contribution in [0.2, 0.25) is 0 Å². The maximum absolute atomic E-state index is 12.5. The predicted octanol–water partition coefficient (Wildman–Crippen LogP) is 4.82. The van der Waals surface area contributed by atoms with Gasteiger partial charge in [-0.25, -0.2) is 0 Å². The highest BCUT2D eigenvalue weighted by Gasteiger charge is 2.25. The highest BCUT2D eigenvalue weighted by Crippen LogP contribution is 2.35. The number of carbonyl (C=O) groups excluding carboxylic acids is 2. The molecule has 3 aromatic rings. The number of ether oxygens (including phenoxy) is 2. The topological polar surface area (TPSA) is 67.9 Å². The summed E-state index contributed by atoms with van der Waals surface area (Å²) >= 11 is 1.55. The minimum Gasteiger partial charge on any atom is -0.494 e. The number of hydrogen-bond acceptors (Lipinski definition) is 5. The van der Waals surface area contributed by atoms with Crippen LogP contribution in [0.4, 0.5) is 11.4 Å². The van der Waals surface area contributed by atoms with Crippen molar-refractivity contribution in [2.75, 3.05) is 30.0 Å². The molecule has 1 aromatic heterocycles. The quantitative estimate of drug-likeness (QED) is 0.475. The van der Waals surface area contributed by atoms with Crippen LogP contribution >= 0.6 is 11.3 Å². The number of aryl methyl sites for hydroxylation is 1. The van der Waals surface area contributed by atoms with Crippen LogP contribution in [0.5, 0.6) is 11.5 Å². The zero-order chi connectivity index (χ0) is 22.3. The van der Waals surface area contributed by atoms with E-state index in [0.29, 0.717) is 36.7 Å². The minimum atomic E-state index is -0.0877. The van der Waals surface area contributed by atoms with Gasteiger partial charge in [-0.1, -0.05) is 18.2 Å². The van der Waals surface area contributed by atoms with Gasteiger partial charge in [-0.2, -0.15) is 0 Å². The number of nitrogens with zero attached hydrogens (tertiary/aromatic N) is 1. The molecule has 32 heavy (non-hydrogen) atoms. The Balaban J connectivity index is 1.33. The molecule has 0 fully saturated rings. The fraction of sp³-hybridized carbons (Fsp3) is 0.280. The first-order valence-electron chi connectivity index (χ1n) is 10.7. The van der Waals surface area contributed by atoms with Crippen LogP contribution in [0.25, 0.3) is 0 Å². The molecule has 2 aromatic carbocycles. The molecule has 0 aliphatic carbocycles. The van der Waals surface area contributed by atoms with Crippen LogP contribution < -0.4 is 19.7 Å². The second-order valence-corrected chi connectivity index (χ2v) is 8.73. The van der Waals surface area contributed by atoms with Crippen molar-refractivity contribution in [3.05, 3.63) is 70.4 Å². The lowest BCUT2D eigenvalue weighted by atomic mass is 10.2. The molecule has 7 heteroatoms. The monoisotopic (exact) mass is 450 g/mol. The van der Waals surface area contributed by atoms with E-state index in [-0.39, 0.29) is 18.4 Å². The predicted molar refractivity (Wildman–Crippen MR) is 127 cm³/mol.